The highest BCUT2D eigenvalue weighted by molar-refractivity contribution is 8.02. The van der Waals surface area contributed by atoms with Gasteiger partial charge in [0.05, 0.1) is 5.25 Å². The quantitative estimate of drug-likeness (QED) is 0.791. The highest BCUT2D eigenvalue weighted by Crippen LogP contribution is 2.31. The Kier molecular flexibility index (Phi) is 6.77. The van der Waals surface area contributed by atoms with E-state index in [9.17, 15) is 4.79 Å². The Hall–Kier alpha value is -0.820. The van der Waals surface area contributed by atoms with Gasteiger partial charge in [0.1, 0.15) is 0 Å². The van der Waals surface area contributed by atoms with Gasteiger partial charge in [-0.2, -0.15) is 0 Å². The minimum absolute atomic E-state index is 0.0846. The Morgan fingerprint density at radius 2 is 1.79 bits per heavy atom. The Bertz CT molecular complexity index is 522. The van der Waals surface area contributed by atoms with Crippen LogP contribution in [-0.4, -0.2) is 45.4 Å². The lowest BCUT2D eigenvalue weighted by Gasteiger charge is -2.23. The minimum atomic E-state index is -0.0846. The van der Waals surface area contributed by atoms with Crippen LogP contribution in [0.2, 0.25) is 0 Å². The molecule has 2 fully saturated rings. The van der Waals surface area contributed by atoms with Gasteiger partial charge in [-0.05, 0) is 32.6 Å². The average molecular weight is 369 g/mol. The van der Waals surface area contributed by atoms with E-state index in [0.717, 1.165) is 35.4 Å². The van der Waals surface area contributed by atoms with E-state index < -0.39 is 0 Å². The molecule has 1 aromatic heterocycles. The first-order valence-corrected chi connectivity index (χ1v) is 11.0. The highest BCUT2D eigenvalue weighted by atomic mass is 32.2. The molecule has 0 unspecified atom stereocenters. The average Bonchev–Trinajstić information content (AvgIpc) is 2.86. The molecule has 0 spiro atoms. The van der Waals surface area contributed by atoms with Crippen molar-refractivity contribution in [1.29, 1.82) is 0 Å². The molecule has 2 aliphatic rings. The van der Waals surface area contributed by atoms with E-state index >= 15 is 0 Å². The van der Waals surface area contributed by atoms with Crippen LogP contribution >= 0.6 is 23.1 Å². The molecule has 1 aliphatic carbocycles. The maximum absolute atomic E-state index is 12.6. The van der Waals surface area contributed by atoms with Crippen LogP contribution in [0.1, 0.15) is 64.7 Å². The van der Waals surface area contributed by atoms with Crippen LogP contribution in [0.3, 0.4) is 0 Å². The van der Waals surface area contributed by atoms with E-state index in [1.807, 2.05) is 11.8 Å². The number of hydrogen-bond donors (Lipinski definition) is 1. The number of amides is 1. The SMILES string of the molecule is C[C@@H](Sc1nnc(NC2CCCCC2)s1)C(=O)N1CCCCCC1. The van der Waals surface area contributed by atoms with E-state index in [0.29, 0.717) is 6.04 Å². The van der Waals surface area contributed by atoms with Gasteiger partial charge in [-0.25, -0.2) is 0 Å². The van der Waals surface area contributed by atoms with Crippen LogP contribution in [-0.2, 0) is 4.79 Å². The van der Waals surface area contributed by atoms with Gasteiger partial charge in [0.15, 0.2) is 4.34 Å². The van der Waals surface area contributed by atoms with Crippen molar-refractivity contribution in [1.82, 2.24) is 15.1 Å². The monoisotopic (exact) mass is 368 g/mol. The summed E-state index contributed by atoms with van der Waals surface area (Å²) in [6.07, 6.45) is 11.2. The van der Waals surface area contributed by atoms with Gasteiger partial charge in [-0.15, -0.1) is 10.2 Å². The molecule has 1 aromatic rings. The van der Waals surface area contributed by atoms with E-state index in [2.05, 4.69) is 15.5 Å². The molecule has 1 amide bonds. The fourth-order valence-corrected chi connectivity index (χ4v) is 5.54. The summed E-state index contributed by atoms with van der Waals surface area (Å²) in [7, 11) is 0. The summed E-state index contributed by atoms with van der Waals surface area (Å²) < 4.78 is 0.893. The molecule has 3 rings (SSSR count). The molecule has 2 heterocycles. The summed E-state index contributed by atoms with van der Waals surface area (Å²) in [5.74, 6) is 0.249. The zero-order valence-electron chi connectivity index (χ0n) is 14.5. The van der Waals surface area contributed by atoms with E-state index in [1.165, 1.54) is 44.9 Å². The van der Waals surface area contributed by atoms with Crippen molar-refractivity contribution >= 4 is 34.1 Å². The Labute approximate surface area is 153 Å². The molecular formula is C17H28N4OS2. The van der Waals surface area contributed by atoms with Crippen LogP contribution in [0.4, 0.5) is 5.13 Å². The summed E-state index contributed by atoms with van der Waals surface area (Å²) in [6, 6.07) is 0.542. The predicted octanol–water partition coefficient (Wildman–Crippen LogP) is 4.17. The second kappa shape index (κ2) is 9.04. The topological polar surface area (TPSA) is 58.1 Å². The van der Waals surface area contributed by atoms with Gasteiger partial charge in [-0.3, -0.25) is 4.79 Å². The molecule has 1 saturated heterocycles. The summed E-state index contributed by atoms with van der Waals surface area (Å²) in [6.45, 7) is 3.82. The minimum Gasteiger partial charge on any atom is -0.357 e. The van der Waals surface area contributed by atoms with Crippen molar-refractivity contribution in [3.8, 4) is 0 Å². The first-order valence-electron chi connectivity index (χ1n) is 9.28. The lowest BCUT2D eigenvalue weighted by molar-refractivity contribution is -0.130. The molecule has 0 aromatic carbocycles. The fourth-order valence-electron chi connectivity index (χ4n) is 3.49. The molecule has 1 atom stereocenters. The molecule has 1 saturated carbocycles. The summed E-state index contributed by atoms with van der Waals surface area (Å²) in [5.41, 5.74) is 0. The number of hydrogen-bond acceptors (Lipinski definition) is 6. The van der Waals surface area contributed by atoms with Crippen molar-refractivity contribution in [3.05, 3.63) is 0 Å². The Balaban J connectivity index is 1.50. The maximum atomic E-state index is 12.6. The van der Waals surface area contributed by atoms with Crippen molar-refractivity contribution in [2.75, 3.05) is 18.4 Å². The molecule has 5 nitrogen and oxygen atoms in total. The first-order chi connectivity index (χ1) is 11.7. The normalized spacial score (nSPS) is 21.3. The van der Waals surface area contributed by atoms with Crippen LogP contribution in [0.5, 0.6) is 0 Å². The Morgan fingerprint density at radius 1 is 1.12 bits per heavy atom. The number of aromatic nitrogens is 2. The second-order valence-corrected chi connectivity index (χ2v) is 9.42. The number of thioether (sulfide) groups is 1. The van der Waals surface area contributed by atoms with Gasteiger partial charge >= 0.3 is 0 Å². The van der Waals surface area contributed by atoms with Crippen molar-refractivity contribution < 1.29 is 4.79 Å². The first kappa shape index (κ1) is 18.0. The lowest BCUT2D eigenvalue weighted by atomic mass is 9.96. The van der Waals surface area contributed by atoms with Gasteiger partial charge in [0.2, 0.25) is 11.0 Å². The number of nitrogens with one attached hydrogen (secondary N) is 1. The number of carbonyl (C=O) groups is 1. The van der Waals surface area contributed by atoms with E-state index in [-0.39, 0.29) is 11.2 Å². The third-order valence-corrected chi connectivity index (χ3v) is 6.91. The van der Waals surface area contributed by atoms with Gasteiger partial charge in [-0.1, -0.05) is 55.2 Å². The number of anilines is 1. The van der Waals surface area contributed by atoms with Gasteiger partial charge < -0.3 is 10.2 Å². The fraction of sp³-hybridized carbons (Fsp3) is 0.824. The van der Waals surface area contributed by atoms with Crippen molar-refractivity contribution in [2.45, 2.75) is 80.3 Å². The largest absolute Gasteiger partial charge is 0.357 e. The van der Waals surface area contributed by atoms with Crippen LogP contribution in [0.25, 0.3) is 0 Å². The van der Waals surface area contributed by atoms with E-state index in [1.54, 1.807) is 23.1 Å². The number of likely N-dealkylation sites (tertiary alicyclic amines) is 1. The van der Waals surface area contributed by atoms with Gasteiger partial charge in [0, 0.05) is 19.1 Å². The molecule has 1 aliphatic heterocycles. The smallest absolute Gasteiger partial charge is 0.235 e. The molecule has 0 radical (unpaired) electrons. The predicted molar refractivity (Wildman–Crippen MR) is 101 cm³/mol. The second-order valence-electron chi connectivity index (χ2n) is 6.85. The summed E-state index contributed by atoms with van der Waals surface area (Å²) in [5, 5.41) is 12.9. The third kappa shape index (κ3) is 5.09. The third-order valence-electron chi connectivity index (χ3n) is 4.88. The molecule has 0 bridgehead atoms. The number of rotatable bonds is 5. The molecule has 1 N–H and O–H groups in total. The maximum Gasteiger partial charge on any atom is 0.235 e. The highest BCUT2D eigenvalue weighted by Gasteiger charge is 2.24. The Morgan fingerprint density at radius 3 is 2.50 bits per heavy atom. The number of carbonyl (C=O) groups excluding carboxylic acids is 1. The van der Waals surface area contributed by atoms with Crippen LogP contribution in [0, 0.1) is 0 Å². The molecule has 7 heteroatoms. The zero-order chi connectivity index (χ0) is 16.8. The summed E-state index contributed by atoms with van der Waals surface area (Å²) >= 11 is 3.13. The molecule has 24 heavy (non-hydrogen) atoms. The van der Waals surface area contributed by atoms with Gasteiger partial charge in [0.25, 0.3) is 0 Å². The molecular weight excluding hydrogens is 340 g/mol. The lowest BCUT2D eigenvalue weighted by Crippen LogP contribution is -2.37. The standard InChI is InChI=1S/C17H28N4OS2/c1-13(15(22)21-11-7-2-3-8-12-21)23-17-20-19-16(24-17)18-14-9-5-4-6-10-14/h13-14H,2-12H2,1H3,(H,18,19)/t13-/m1/s1. The number of nitrogens with zero attached hydrogens (tertiary/aromatic N) is 3. The van der Waals surface area contributed by atoms with Crippen LogP contribution < -0.4 is 5.32 Å². The molecule has 134 valence electrons. The summed E-state index contributed by atoms with van der Waals surface area (Å²) in [4.78, 5) is 14.7. The zero-order valence-corrected chi connectivity index (χ0v) is 16.1. The van der Waals surface area contributed by atoms with Crippen molar-refractivity contribution in [3.63, 3.8) is 0 Å². The van der Waals surface area contributed by atoms with E-state index in [4.69, 9.17) is 0 Å². The van der Waals surface area contributed by atoms with Crippen LogP contribution in [0.15, 0.2) is 4.34 Å². The van der Waals surface area contributed by atoms with Crippen molar-refractivity contribution in [2.24, 2.45) is 0 Å².